The lowest BCUT2D eigenvalue weighted by atomic mass is 10.2. The van der Waals surface area contributed by atoms with Crippen molar-refractivity contribution >= 4 is 5.97 Å². The summed E-state index contributed by atoms with van der Waals surface area (Å²) in [5.74, 6) is -0.862. The molecule has 0 aliphatic carbocycles. The van der Waals surface area contributed by atoms with Crippen LogP contribution in [0.2, 0.25) is 0 Å². The van der Waals surface area contributed by atoms with Crippen LogP contribution in [0.25, 0.3) is 0 Å². The standard InChI is InChI=1S/C10H16O2/c1-2-3-4-5-6-7-8-9-10(11)12/h3-4,8-9H,2,5-7H2,1H3,(H,11,12). The highest BCUT2D eigenvalue weighted by Crippen LogP contribution is 1.98. The van der Waals surface area contributed by atoms with E-state index in [1.807, 2.05) is 0 Å². The van der Waals surface area contributed by atoms with Gasteiger partial charge in [-0.1, -0.05) is 25.2 Å². The lowest BCUT2D eigenvalue weighted by molar-refractivity contribution is -0.131. The summed E-state index contributed by atoms with van der Waals surface area (Å²) < 4.78 is 0. The highest BCUT2D eigenvalue weighted by atomic mass is 16.4. The second kappa shape index (κ2) is 8.05. The zero-order valence-electron chi connectivity index (χ0n) is 7.49. The zero-order chi connectivity index (χ0) is 9.23. The van der Waals surface area contributed by atoms with Crippen molar-refractivity contribution in [1.29, 1.82) is 0 Å². The van der Waals surface area contributed by atoms with Crippen LogP contribution in [0.3, 0.4) is 0 Å². The molecule has 0 heterocycles. The van der Waals surface area contributed by atoms with Gasteiger partial charge in [-0.25, -0.2) is 4.79 Å². The summed E-state index contributed by atoms with van der Waals surface area (Å²) in [6, 6.07) is 0. The molecular weight excluding hydrogens is 152 g/mol. The Kier molecular flexibility index (Phi) is 7.35. The van der Waals surface area contributed by atoms with Gasteiger partial charge in [-0.15, -0.1) is 0 Å². The van der Waals surface area contributed by atoms with Crippen molar-refractivity contribution in [2.24, 2.45) is 0 Å². The summed E-state index contributed by atoms with van der Waals surface area (Å²) >= 11 is 0. The molecule has 0 unspecified atom stereocenters. The van der Waals surface area contributed by atoms with Gasteiger partial charge < -0.3 is 5.11 Å². The second-order valence-corrected chi connectivity index (χ2v) is 2.55. The van der Waals surface area contributed by atoms with Crippen molar-refractivity contribution in [3.8, 4) is 0 Å². The predicted molar refractivity (Wildman–Crippen MR) is 50.1 cm³/mol. The van der Waals surface area contributed by atoms with Crippen LogP contribution in [0, 0.1) is 0 Å². The van der Waals surface area contributed by atoms with E-state index in [1.165, 1.54) is 6.08 Å². The Morgan fingerprint density at radius 3 is 2.50 bits per heavy atom. The van der Waals surface area contributed by atoms with E-state index in [4.69, 9.17) is 5.11 Å². The molecule has 0 rings (SSSR count). The number of allylic oxidation sites excluding steroid dienone is 3. The van der Waals surface area contributed by atoms with E-state index in [1.54, 1.807) is 6.08 Å². The zero-order valence-corrected chi connectivity index (χ0v) is 7.49. The van der Waals surface area contributed by atoms with Crippen molar-refractivity contribution in [3.05, 3.63) is 24.3 Å². The summed E-state index contributed by atoms with van der Waals surface area (Å²) in [6.07, 6.45) is 11.1. The molecule has 0 bridgehead atoms. The maximum absolute atomic E-state index is 10.0. The first-order chi connectivity index (χ1) is 5.77. The summed E-state index contributed by atoms with van der Waals surface area (Å²) in [7, 11) is 0. The largest absolute Gasteiger partial charge is 0.478 e. The lowest BCUT2D eigenvalue weighted by Gasteiger charge is -1.88. The molecule has 0 amide bonds. The monoisotopic (exact) mass is 168 g/mol. The van der Waals surface area contributed by atoms with Crippen molar-refractivity contribution in [1.82, 2.24) is 0 Å². The van der Waals surface area contributed by atoms with Crippen molar-refractivity contribution in [2.45, 2.75) is 32.6 Å². The number of carboxylic acids is 1. The average Bonchev–Trinajstić information content (AvgIpc) is 2.02. The van der Waals surface area contributed by atoms with E-state index in [0.29, 0.717) is 0 Å². The van der Waals surface area contributed by atoms with Gasteiger partial charge in [-0.05, 0) is 25.7 Å². The first-order valence-corrected chi connectivity index (χ1v) is 4.31. The molecule has 68 valence electrons. The van der Waals surface area contributed by atoms with Crippen LogP contribution in [0.5, 0.6) is 0 Å². The van der Waals surface area contributed by atoms with Crippen LogP contribution < -0.4 is 0 Å². The molecule has 2 heteroatoms. The van der Waals surface area contributed by atoms with E-state index >= 15 is 0 Å². The number of hydrogen-bond donors (Lipinski definition) is 1. The quantitative estimate of drug-likeness (QED) is 0.376. The number of carbonyl (C=O) groups is 1. The van der Waals surface area contributed by atoms with Gasteiger partial charge in [0.2, 0.25) is 0 Å². The molecule has 0 atom stereocenters. The molecular formula is C10H16O2. The fraction of sp³-hybridized carbons (Fsp3) is 0.500. The molecule has 0 spiro atoms. The molecule has 12 heavy (non-hydrogen) atoms. The smallest absolute Gasteiger partial charge is 0.327 e. The molecule has 0 aliphatic rings. The molecule has 0 aromatic rings. The van der Waals surface area contributed by atoms with Crippen LogP contribution in [-0.4, -0.2) is 11.1 Å². The van der Waals surface area contributed by atoms with Crippen molar-refractivity contribution in [3.63, 3.8) is 0 Å². The highest BCUT2D eigenvalue weighted by molar-refractivity contribution is 5.79. The van der Waals surface area contributed by atoms with E-state index in [2.05, 4.69) is 19.1 Å². The third kappa shape index (κ3) is 8.95. The van der Waals surface area contributed by atoms with Crippen molar-refractivity contribution in [2.75, 3.05) is 0 Å². The lowest BCUT2D eigenvalue weighted by Crippen LogP contribution is -1.85. The minimum atomic E-state index is -0.862. The van der Waals surface area contributed by atoms with Crippen molar-refractivity contribution < 1.29 is 9.90 Å². The average molecular weight is 168 g/mol. The summed E-state index contributed by atoms with van der Waals surface area (Å²) in [5.41, 5.74) is 0. The Bertz CT molecular complexity index is 169. The molecule has 0 aliphatic heterocycles. The number of carboxylic acid groups (broad SMARTS) is 1. The van der Waals surface area contributed by atoms with E-state index < -0.39 is 5.97 Å². The van der Waals surface area contributed by atoms with Gasteiger partial charge in [0.1, 0.15) is 0 Å². The third-order valence-corrected chi connectivity index (χ3v) is 1.40. The Morgan fingerprint density at radius 2 is 1.92 bits per heavy atom. The summed E-state index contributed by atoms with van der Waals surface area (Å²) in [6.45, 7) is 2.10. The predicted octanol–water partition coefficient (Wildman–Crippen LogP) is 2.76. The molecule has 0 fully saturated rings. The minimum absolute atomic E-state index is 0.848. The normalized spacial score (nSPS) is 11.4. The first kappa shape index (κ1) is 11.0. The van der Waals surface area contributed by atoms with Crippen LogP contribution >= 0.6 is 0 Å². The fourth-order valence-electron chi connectivity index (χ4n) is 0.822. The van der Waals surface area contributed by atoms with E-state index in [0.717, 1.165) is 25.7 Å². The molecule has 0 saturated heterocycles. The van der Waals surface area contributed by atoms with Gasteiger partial charge in [0.25, 0.3) is 0 Å². The Hall–Kier alpha value is -1.05. The minimum Gasteiger partial charge on any atom is -0.478 e. The van der Waals surface area contributed by atoms with Gasteiger partial charge in [-0.3, -0.25) is 0 Å². The van der Waals surface area contributed by atoms with Gasteiger partial charge >= 0.3 is 5.97 Å². The van der Waals surface area contributed by atoms with E-state index in [9.17, 15) is 4.79 Å². The number of aliphatic carboxylic acids is 1. The van der Waals surface area contributed by atoms with Gasteiger partial charge in [0.05, 0.1) is 0 Å². The van der Waals surface area contributed by atoms with E-state index in [-0.39, 0.29) is 0 Å². The Labute approximate surface area is 73.6 Å². The van der Waals surface area contributed by atoms with Crippen LogP contribution in [0.1, 0.15) is 32.6 Å². The topological polar surface area (TPSA) is 37.3 Å². The van der Waals surface area contributed by atoms with Crippen LogP contribution in [0.15, 0.2) is 24.3 Å². The Balaban J connectivity index is 3.21. The molecule has 0 saturated carbocycles. The van der Waals surface area contributed by atoms with Gasteiger partial charge in [0, 0.05) is 6.08 Å². The second-order valence-electron chi connectivity index (χ2n) is 2.55. The maximum Gasteiger partial charge on any atom is 0.327 e. The summed E-state index contributed by atoms with van der Waals surface area (Å²) in [4.78, 5) is 10.0. The third-order valence-electron chi connectivity index (χ3n) is 1.40. The fourth-order valence-corrected chi connectivity index (χ4v) is 0.822. The SMILES string of the molecule is CCC=CCCCC=CC(=O)O. The van der Waals surface area contributed by atoms with Gasteiger partial charge in [0.15, 0.2) is 0 Å². The van der Waals surface area contributed by atoms with Gasteiger partial charge in [-0.2, -0.15) is 0 Å². The number of hydrogen-bond acceptors (Lipinski definition) is 1. The van der Waals surface area contributed by atoms with Crippen LogP contribution in [-0.2, 0) is 4.79 Å². The molecule has 0 radical (unpaired) electrons. The molecule has 1 N–H and O–H groups in total. The molecule has 2 nitrogen and oxygen atoms in total. The molecule has 0 aromatic carbocycles. The molecule has 0 aromatic heterocycles. The first-order valence-electron chi connectivity index (χ1n) is 4.31. The summed E-state index contributed by atoms with van der Waals surface area (Å²) in [5, 5.41) is 8.25. The highest BCUT2D eigenvalue weighted by Gasteiger charge is 1.84. The Morgan fingerprint density at radius 1 is 1.25 bits per heavy atom. The number of rotatable bonds is 6. The maximum atomic E-state index is 10.0. The number of unbranched alkanes of at least 4 members (excludes halogenated alkanes) is 2. The van der Waals surface area contributed by atoms with Crippen LogP contribution in [0.4, 0.5) is 0 Å².